The van der Waals surface area contributed by atoms with Crippen molar-refractivity contribution in [1.29, 1.82) is 0 Å². The standard InChI is InChI=1S/C19H17ClO3/c20-16-8-9-17-15(11-16)7-4-10-19(17,12-21)13-23-18(22)14-5-2-1-3-6-14/h1-3,5-6,8-9,11-12H,4,7,10,13H2. The first-order chi connectivity index (χ1) is 11.1. The first-order valence-corrected chi connectivity index (χ1v) is 8.00. The fraction of sp³-hybridized carbons (Fsp3) is 0.263. The van der Waals surface area contributed by atoms with Gasteiger partial charge in [0.25, 0.3) is 0 Å². The highest BCUT2D eigenvalue weighted by molar-refractivity contribution is 6.30. The molecule has 1 aliphatic carbocycles. The Balaban J connectivity index is 1.83. The second-order valence-electron chi connectivity index (χ2n) is 5.87. The van der Waals surface area contributed by atoms with Gasteiger partial charge in [0.1, 0.15) is 12.9 Å². The lowest BCUT2D eigenvalue weighted by molar-refractivity contribution is -0.114. The molecule has 0 saturated heterocycles. The fourth-order valence-corrected chi connectivity index (χ4v) is 3.34. The van der Waals surface area contributed by atoms with Gasteiger partial charge in [0.2, 0.25) is 0 Å². The maximum absolute atomic E-state index is 12.2. The number of halogens is 1. The Labute approximate surface area is 140 Å². The number of esters is 1. The predicted molar refractivity (Wildman–Crippen MR) is 88.9 cm³/mol. The van der Waals surface area contributed by atoms with Crippen LogP contribution in [0.5, 0.6) is 0 Å². The predicted octanol–water partition coefficient (Wildman–Crippen LogP) is 3.97. The van der Waals surface area contributed by atoms with Gasteiger partial charge in [-0.1, -0.05) is 35.9 Å². The zero-order valence-corrected chi connectivity index (χ0v) is 13.4. The summed E-state index contributed by atoms with van der Waals surface area (Å²) in [4.78, 5) is 24.0. The van der Waals surface area contributed by atoms with E-state index >= 15 is 0 Å². The van der Waals surface area contributed by atoms with Crippen LogP contribution in [0.1, 0.15) is 34.3 Å². The van der Waals surface area contributed by atoms with E-state index in [1.54, 1.807) is 30.3 Å². The summed E-state index contributed by atoms with van der Waals surface area (Å²) in [5, 5.41) is 0.659. The number of aryl methyl sites for hydroxylation is 1. The Hall–Kier alpha value is -2.13. The summed E-state index contributed by atoms with van der Waals surface area (Å²) in [7, 11) is 0. The molecule has 2 aromatic carbocycles. The smallest absolute Gasteiger partial charge is 0.338 e. The molecule has 0 radical (unpaired) electrons. The molecule has 0 aromatic heterocycles. The summed E-state index contributed by atoms with van der Waals surface area (Å²) in [5.74, 6) is -0.409. The molecule has 0 fully saturated rings. The number of rotatable bonds is 4. The first-order valence-electron chi connectivity index (χ1n) is 7.62. The van der Waals surface area contributed by atoms with Crippen LogP contribution >= 0.6 is 11.6 Å². The molecule has 0 saturated carbocycles. The molecule has 1 unspecified atom stereocenters. The van der Waals surface area contributed by atoms with Gasteiger partial charge < -0.3 is 9.53 Å². The Morgan fingerprint density at radius 1 is 1.22 bits per heavy atom. The number of ether oxygens (including phenoxy) is 1. The van der Waals surface area contributed by atoms with E-state index in [9.17, 15) is 9.59 Å². The molecule has 0 bridgehead atoms. The van der Waals surface area contributed by atoms with Crippen molar-refractivity contribution in [3.8, 4) is 0 Å². The molecule has 23 heavy (non-hydrogen) atoms. The monoisotopic (exact) mass is 328 g/mol. The van der Waals surface area contributed by atoms with Crippen molar-refractivity contribution in [1.82, 2.24) is 0 Å². The number of fused-ring (bicyclic) bond motifs is 1. The zero-order chi connectivity index (χ0) is 16.3. The van der Waals surface area contributed by atoms with Crippen molar-refractivity contribution >= 4 is 23.9 Å². The lowest BCUT2D eigenvalue weighted by atomic mass is 9.71. The van der Waals surface area contributed by atoms with Gasteiger partial charge in [-0.05, 0) is 54.7 Å². The average Bonchev–Trinajstić information content (AvgIpc) is 2.60. The minimum absolute atomic E-state index is 0.0544. The Morgan fingerprint density at radius 3 is 2.74 bits per heavy atom. The van der Waals surface area contributed by atoms with Crippen LogP contribution in [-0.2, 0) is 21.4 Å². The zero-order valence-electron chi connectivity index (χ0n) is 12.6. The van der Waals surface area contributed by atoms with Crippen LogP contribution in [0.15, 0.2) is 48.5 Å². The number of hydrogen-bond acceptors (Lipinski definition) is 3. The third kappa shape index (κ3) is 3.15. The Bertz CT molecular complexity index is 727. The van der Waals surface area contributed by atoms with Crippen molar-refractivity contribution in [3.63, 3.8) is 0 Å². The summed E-state index contributed by atoms with van der Waals surface area (Å²) in [6, 6.07) is 14.4. The molecule has 3 nitrogen and oxygen atoms in total. The topological polar surface area (TPSA) is 43.4 Å². The second-order valence-corrected chi connectivity index (χ2v) is 6.31. The van der Waals surface area contributed by atoms with Crippen molar-refractivity contribution in [2.24, 2.45) is 0 Å². The van der Waals surface area contributed by atoms with E-state index in [2.05, 4.69) is 0 Å². The largest absolute Gasteiger partial charge is 0.461 e. The van der Waals surface area contributed by atoms with E-state index in [1.807, 2.05) is 18.2 Å². The van der Waals surface area contributed by atoms with E-state index in [0.29, 0.717) is 17.0 Å². The van der Waals surface area contributed by atoms with Crippen LogP contribution in [0, 0.1) is 0 Å². The molecule has 4 heteroatoms. The van der Waals surface area contributed by atoms with Crippen LogP contribution in [0.4, 0.5) is 0 Å². The van der Waals surface area contributed by atoms with Crippen LogP contribution in [0.3, 0.4) is 0 Å². The quantitative estimate of drug-likeness (QED) is 0.630. The summed E-state index contributed by atoms with van der Waals surface area (Å²) >= 11 is 6.05. The molecule has 1 atom stereocenters. The van der Waals surface area contributed by atoms with Gasteiger partial charge in [-0.25, -0.2) is 4.79 Å². The van der Waals surface area contributed by atoms with Crippen molar-refractivity contribution < 1.29 is 14.3 Å². The van der Waals surface area contributed by atoms with Crippen LogP contribution in [-0.4, -0.2) is 18.9 Å². The molecule has 2 aromatic rings. The molecule has 118 valence electrons. The lowest BCUT2D eigenvalue weighted by Gasteiger charge is -2.34. The second kappa shape index (κ2) is 6.55. The molecule has 1 aliphatic rings. The first kappa shape index (κ1) is 15.8. The van der Waals surface area contributed by atoms with E-state index in [1.165, 1.54) is 0 Å². The molecule has 3 rings (SSSR count). The molecular weight excluding hydrogens is 312 g/mol. The minimum atomic E-state index is -0.775. The molecule has 0 aliphatic heterocycles. The Morgan fingerprint density at radius 2 is 2.00 bits per heavy atom. The van der Waals surface area contributed by atoms with Crippen LogP contribution in [0.25, 0.3) is 0 Å². The lowest BCUT2D eigenvalue weighted by Crippen LogP contribution is -2.38. The van der Waals surface area contributed by atoms with Gasteiger partial charge >= 0.3 is 5.97 Å². The molecule has 0 spiro atoms. The summed E-state index contributed by atoms with van der Waals surface area (Å²) in [6.07, 6.45) is 3.34. The highest BCUT2D eigenvalue weighted by atomic mass is 35.5. The number of carbonyl (C=O) groups is 2. The average molecular weight is 329 g/mol. The van der Waals surface area contributed by atoms with Gasteiger partial charge in [-0.2, -0.15) is 0 Å². The SMILES string of the molecule is O=CC1(COC(=O)c2ccccc2)CCCc2cc(Cl)ccc21. The van der Waals surface area contributed by atoms with Crippen molar-refractivity contribution in [3.05, 3.63) is 70.2 Å². The molecule has 0 heterocycles. The van der Waals surface area contributed by atoms with Crippen molar-refractivity contribution in [2.75, 3.05) is 6.61 Å². The van der Waals surface area contributed by atoms with E-state index in [4.69, 9.17) is 16.3 Å². The molecule has 0 N–H and O–H groups in total. The van der Waals surface area contributed by atoms with Gasteiger partial charge in [0.05, 0.1) is 11.0 Å². The summed E-state index contributed by atoms with van der Waals surface area (Å²) in [6.45, 7) is 0.0544. The van der Waals surface area contributed by atoms with Gasteiger partial charge in [0, 0.05) is 5.02 Å². The van der Waals surface area contributed by atoms with E-state index in [-0.39, 0.29) is 6.61 Å². The molecular formula is C19H17ClO3. The molecule has 0 amide bonds. The van der Waals surface area contributed by atoms with Crippen molar-refractivity contribution in [2.45, 2.75) is 24.7 Å². The highest BCUT2D eigenvalue weighted by Gasteiger charge is 2.38. The highest BCUT2D eigenvalue weighted by Crippen LogP contribution is 2.37. The number of benzene rings is 2. The van der Waals surface area contributed by atoms with Gasteiger partial charge in [0.15, 0.2) is 0 Å². The number of aldehydes is 1. The van der Waals surface area contributed by atoms with Gasteiger partial charge in [-0.3, -0.25) is 0 Å². The number of carbonyl (C=O) groups excluding carboxylic acids is 2. The maximum atomic E-state index is 12.2. The van der Waals surface area contributed by atoms with Crippen LogP contribution in [0.2, 0.25) is 5.02 Å². The minimum Gasteiger partial charge on any atom is -0.461 e. The number of hydrogen-bond donors (Lipinski definition) is 0. The Kier molecular flexibility index (Phi) is 4.49. The fourth-order valence-electron chi connectivity index (χ4n) is 3.14. The van der Waals surface area contributed by atoms with Gasteiger partial charge in [-0.15, -0.1) is 0 Å². The maximum Gasteiger partial charge on any atom is 0.338 e. The summed E-state index contributed by atoms with van der Waals surface area (Å²) < 4.78 is 5.45. The van der Waals surface area contributed by atoms with E-state index in [0.717, 1.165) is 30.3 Å². The normalized spacial score (nSPS) is 19.7. The summed E-state index contributed by atoms with van der Waals surface area (Å²) in [5.41, 5.74) is 1.69. The van der Waals surface area contributed by atoms with E-state index < -0.39 is 11.4 Å². The third-order valence-electron chi connectivity index (χ3n) is 4.37. The van der Waals surface area contributed by atoms with Crippen LogP contribution < -0.4 is 0 Å². The third-order valence-corrected chi connectivity index (χ3v) is 4.60.